The van der Waals surface area contributed by atoms with E-state index in [1.165, 1.54) is 12.1 Å². The molecule has 0 aliphatic rings. The van der Waals surface area contributed by atoms with Crippen molar-refractivity contribution in [2.24, 2.45) is 11.1 Å². The number of hydrogen-bond donors (Lipinski definition) is 2. The van der Waals surface area contributed by atoms with Crippen LogP contribution < -0.4 is 11.1 Å². The molecule has 1 unspecified atom stereocenters. The Kier molecular flexibility index (Phi) is 6.39. The Balaban J connectivity index is 0.00000324. The summed E-state index contributed by atoms with van der Waals surface area (Å²) in [5.74, 6) is -1.69. The molecule has 0 saturated carbocycles. The first kappa shape index (κ1) is 17.8. The van der Waals surface area contributed by atoms with Gasteiger partial charge in [0.25, 0.3) is 0 Å². The Labute approximate surface area is 118 Å². The topological polar surface area (TPSA) is 55.1 Å². The Morgan fingerprint density at radius 2 is 1.95 bits per heavy atom. The molecule has 0 aromatic heterocycles. The molecule has 3 nitrogen and oxygen atoms in total. The fourth-order valence-corrected chi connectivity index (χ4v) is 1.72. The molecule has 0 radical (unpaired) electrons. The number of amides is 1. The summed E-state index contributed by atoms with van der Waals surface area (Å²) in [6.07, 6.45) is 0. The van der Waals surface area contributed by atoms with Crippen molar-refractivity contribution >= 4 is 18.3 Å². The highest BCUT2D eigenvalue weighted by molar-refractivity contribution is 5.85. The van der Waals surface area contributed by atoms with E-state index < -0.39 is 23.1 Å². The fraction of sp³-hybridized carbons (Fsp3) is 0.462. The van der Waals surface area contributed by atoms with Crippen LogP contribution in [0.25, 0.3) is 0 Å². The quantitative estimate of drug-likeness (QED) is 0.899. The highest BCUT2D eigenvalue weighted by Gasteiger charge is 2.29. The van der Waals surface area contributed by atoms with Gasteiger partial charge in [0.05, 0.1) is 12.6 Å². The van der Waals surface area contributed by atoms with Crippen molar-refractivity contribution in [3.63, 3.8) is 0 Å². The van der Waals surface area contributed by atoms with Gasteiger partial charge in [-0.1, -0.05) is 26.8 Å². The zero-order valence-electron chi connectivity index (χ0n) is 11.2. The molecule has 3 N–H and O–H groups in total. The minimum absolute atomic E-state index is 0. The molecule has 108 valence electrons. The monoisotopic (exact) mass is 292 g/mol. The van der Waals surface area contributed by atoms with Gasteiger partial charge in [0, 0.05) is 11.6 Å². The molecule has 0 spiro atoms. The maximum atomic E-state index is 13.8. The van der Waals surface area contributed by atoms with Crippen LogP contribution in [0.3, 0.4) is 0 Å². The molecule has 6 heteroatoms. The van der Waals surface area contributed by atoms with Crippen molar-refractivity contribution in [1.29, 1.82) is 0 Å². The summed E-state index contributed by atoms with van der Waals surface area (Å²) in [6, 6.07) is 2.76. The second-order valence-corrected chi connectivity index (χ2v) is 5.24. The van der Waals surface area contributed by atoms with E-state index in [9.17, 15) is 13.6 Å². The predicted octanol–water partition coefficient (Wildman–Crippen LogP) is 2.55. The van der Waals surface area contributed by atoms with E-state index in [4.69, 9.17) is 5.73 Å². The third-order valence-corrected chi connectivity index (χ3v) is 2.63. The lowest BCUT2D eigenvalue weighted by Crippen LogP contribution is -2.40. The zero-order chi connectivity index (χ0) is 13.9. The smallest absolute Gasteiger partial charge is 0.234 e. The highest BCUT2D eigenvalue weighted by Crippen LogP contribution is 2.34. The molecular weight excluding hydrogens is 274 g/mol. The number of carbonyl (C=O) groups is 1. The number of hydrogen-bond acceptors (Lipinski definition) is 2. The van der Waals surface area contributed by atoms with E-state index in [1.54, 1.807) is 0 Å². The van der Waals surface area contributed by atoms with Gasteiger partial charge in [0.15, 0.2) is 0 Å². The van der Waals surface area contributed by atoms with Crippen LogP contribution in [0.1, 0.15) is 32.4 Å². The average Bonchev–Trinajstić information content (AvgIpc) is 2.25. The van der Waals surface area contributed by atoms with Crippen LogP contribution in [-0.2, 0) is 4.79 Å². The number of carbonyl (C=O) groups excluding carboxylic acids is 1. The lowest BCUT2D eigenvalue weighted by Gasteiger charge is -2.32. The molecule has 19 heavy (non-hydrogen) atoms. The van der Waals surface area contributed by atoms with E-state index in [0.29, 0.717) is 0 Å². The molecule has 0 saturated heterocycles. The third-order valence-electron chi connectivity index (χ3n) is 2.63. The largest absolute Gasteiger partial charge is 0.348 e. The molecule has 1 atom stereocenters. The van der Waals surface area contributed by atoms with Gasteiger partial charge in [-0.25, -0.2) is 8.78 Å². The number of nitrogens with two attached hydrogens (primary N) is 1. The van der Waals surface area contributed by atoms with Gasteiger partial charge in [-0.05, 0) is 11.5 Å². The van der Waals surface area contributed by atoms with Crippen LogP contribution in [0.15, 0.2) is 18.2 Å². The van der Waals surface area contributed by atoms with Crippen molar-refractivity contribution in [2.75, 3.05) is 6.54 Å². The standard InChI is InChI=1S/C13H18F2N2O.ClH/c1-13(2,3)12(17-11(18)7-16)9-5-4-8(14)6-10(9)15;/h4-6,12H,7,16H2,1-3H3,(H,17,18);1H. The Morgan fingerprint density at radius 3 is 2.37 bits per heavy atom. The second kappa shape index (κ2) is 6.82. The molecule has 1 rings (SSSR count). The number of halogens is 3. The summed E-state index contributed by atoms with van der Waals surface area (Å²) in [7, 11) is 0. The summed E-state index contributed by atoms with van der Waals surface area (Å²) in [5.41, 5.74) is 5.08. The first-order valence-electron chi connectivity index (χ1n) is 5.70. The van der Waals surface area contributed by atoms with Crippen molar-refractivity contribution in [1.82, 2.24) is 5.32 Å². The maximum Gasteiger partial charge on any atom is 0.234 e. The van der Waals surface area contributed by atoms with E-state index in [1.807, 2.05) is 20.8 Å². The lowest BCUT2D eigenvalue weighted by atomic mass is 9.82. The summed E-state index contributed by atoms with van der Waals surface area (Å²) in [5, 5.41) is 2.66. The van der Waals surface area contributed by atoms with Crippen molar-refractivity contribution < 1.29 is 13.6 Å². The molecule has 0 bridgehead atoms. The molecule has 0 aliphatic heterocycles. The first-order chi connectivity index (χ1) is 8.25. The molecule has 0 heterocycles. The van der Waals surface area contributed by atoms with E-state index >= 15 is 0 Å². The van der Waals surface area contributed by atoms with Gasteiger partial charge in [0.2, 0.25) is 5.91 Å². The Hall–Kier alpha value is -1.20. The number of rotatable bonds is 3. The van der Waals surface area contributed by atoms with Gasteiger partial charge < -0.3 is 11.1 Å². The number of nitrogens with one attached hydrogen (secondary N) is 1. The third kappa shape index (κ3) is 4.76. The van der Waals surface area contributed by atoms with Crippen molar-refractivity contribution in [3.8, 4) is 0 Å². The molecule has 1 aromatic rings. The summed E-state index contributed by atoms with van der Waals surface area (Å²) in [4.78, 5) is 11.4. The summed E-state index contributed by atoms with van der Waals surface area (Å²) >= 11 is 0. The SMILES string of the molecule is CC(C)(C)C(NC(=O)CN)c1ccc(F)cc1F.Cl. The van der Waals surface area contributed by atoms with Gasteiger partial charge in [-0.3, -0.25) is 4.79 Å². The van der Waals surface area contributed by atoms with Crippen LogP contribution >= 0.6 is 12.4 Å². The van der Waals surface area contributed by atoms with Gasteiger partial charge in [0.1, 0.15) is 11.6 Å². The second-order valence-electron chi connectivity index (χ2n) is 5.24. The normalized spacial score (nSPS) is 12.5. The summed E-state index contributed by atoms with van der Waals surface area (Å²) in [6.45, 7) is 5.40. The zero-order valence-corrected chi connectivity index (χ0v) is 12.0. The number of benzene rings is 1. The molecule has 1 amide bonds. The maximum absolute atomic E-state index is 13.8. The summed E-state index contributed by atoms with van der Waals surface area (Å²) < 4.78 is 26.7. The highest BCUT2D eigenvalue weighted by atomic mass is 35.5. The van der Waals surface area contributed by atoms with Gasteiger partial charge in [-0.2, -0.15) is 0 Å². The Bertz CT molecular complexity index is 447. The Morgan fingerprint density at radius 1 is 1.37 bits per heavy atom. The minimum Gasteiger partial charge on any atom is -0.348 e. The molecular formula is C13H19ClF2N2O. The predicted molar refractivity (Wildman–Crippen MR) is 73.0 cm³/mol. The lowest BCUT2D eigenvalue weighted by molar-refractivity contribution is -0.121. The van der Waals surface area contributed by atoms with Crippen LogP contribution in [0.4, 0.5) is 8.78 Å². The van der Waals surface area contributed by atoms with Crippen molar-refractivity contribution in [3.05, 3.63) is 35.4 Å². The van der Waals surface area contributed by atoms with Crippen LogP contribution in [-0.4, -0.2) is 12.5 Å². The molecule has 1 aromatic carbocycles. The van der Waals surface area contributed by atoms with Crippen molar-refractivity contribution in [2.45, 2.75) is 26.8 Å². The van der Waals surface area contributed by atoms with E-state index in [2.05, 4.69) is 5.32 Å². The van der Waals surface area contributed by atoms with Gasteiger partial charge in [-0.15, -0.1) is 12.4 Å². The fourth-order valence-electron chi connectivity index (χ4n) is 1.72. The van der Waals surface area contributed by atoms with Crippen LogP contribution in [0, 0.1) is 17.0 Å². The molecule has 0 aliphatic carbocycles. The minimum atomic E-state index is -0.674. The van der Waals surface area contributed by atoms with Gasteiger partial charge >= 0.3 is 0 Å². The molecule has 0 fully saturated rings. The average molecular weight is 293 g/mol. The first-order valence-corrected chi connectivity index (χ1v) is 5.70. The van der Waals surface area contributed by atoms with E-state index in [0.717, 1.165) is 6.07 Å². The van der Waals surface area contributed by atoms with Crippen LogP contribution in [0.5, 0.6) is 0 Å². The van der Waals surface area contributed by atoms with Crippen LogP contribution in [0.2, 0.25) is 0 Å². The van der Waals surface area contributed by atoms with E-state index in [-0.39, 0.29) is 30.4 Å².